The molecular weight excluding hydrogens is 583 g/mol. The van der Waals surface area contributed by atoms with E-state index in [2.05, 4.69) is 11.7 Å². The predicted octanol–water partition coefficient (Wildman–Crippen LogP) is 11.5. The lowest BCUT2D eigenvalue weighted by Crippen LogP contribution is -2.25. The first-order valence-electron chi connectivity index (χ1n) is 14.2. The van der Waals surface area contributed by atoms with Crippen molar-refractivity contribution < 1.29 is 44.3 Å². The van der Waals surface area contributed by atoms with Gasteiger partial charge in [0, 0.05) is 23.8 Å². The van der Waals surface area contributed by atoms with Crippen molar-refractivity contribution in [1.82, 2.24) is 0 Å². The first-order chi connectivity index (χ1) is 20.3. The third-order valence-corrected chi connectivity index (χ3v) is 7.85. The Morgan fingerprint density at radius 1 is 0.744 bits per heavy atom. The van der Waals surface area contributed by atoms with E-state index in [-0.39, 0.29) is 23.8 Å². The lowest BCUT2D eigenvalue weighted by Gasteiger charge is -2.29. The van der Waals surface area contributed by atoms with Crippen LogP contribution in [0.5, 0.6) is 5.75 Å². The predicted molar refractivity (Wildman–Crippen MR) is 147 cm³/mol. The van der Waals surface area contributed by atoms with Crippen molar-refractivity contribution in [2.24, 2.45) is 5.92 Å². The van der Waals surface area contributed by atoms with Crippen LogP contribution in [0.2, 0.25) is 0 Å². The lowest BCUT2D eigenvalue weighted by atomic mass is 9.77. The fourth-order valence-corrected chi connectivity index (χ4v) is 5.59. The maximum Gasteiger partial charge on any atom is 0.432 e. The summed E-state index contributed by atoms with van der Waals surface area (Å²) >= 11 is 0. The molecule has 0 N–H and O–H groups in total. The largest absolute Gasteiger partial charge is 0.432 e. The van der Waals surface area contributed by atoms with Crippen molar-refractivity contribution in [2.75, 3.05) is 0 Å². The number of unbranched alkanes of at least 4 members (excludes halogenated alkanes) is 2. The number of benzene rings is 3. The number of hydrogen-bond donors (Lipinski definition) is 0. The highest BCUT2D eigenvalue weighted by Crippen LogP contribution is 2.40. The molecule has 0 radical (unpaired) electrons. The van der Waals surface area contributed by atoms with Gasteiger partial charge in [0.2, 0.25) is 0 Å². The molecule has 0 unspecified atom stereocenters. The van der Waals surface area contributed by atoms with E-state index in [4.69, 9.17) is 0 Å². The van der Waals surface area contributed by atoms with E-state index in [9.17, 15) is 39.5 Å². The highest BCUT2D eigenvalue weighted by molar-refractivity contribution is 5.65. The Morgan fingerprint density at radius 2 is 1.33 bits per heavy atom. The summed E-state index contributed by atoms with van der Waals surface area (Å²) in [5, 5.41) is 0. The first kappa shape index (κ1) is 32.5. The van der Waals surface area contributed by atoms with Crippen LogP contribution < -0.4 is 4.74 Å². The molecule has 1 aliphatic rings. The van der Waals surface area contributed by atoms with Gasteiger partial charge in [-0.3, -0.25) is 0 Å². The van der Waals surface area contributed by atoms with E-state index < -0.39 is 58.5 Å². The van der Waals surface area contributed by atoms with Gasteiger partial charge in [0.1, 0.15) is 34.6 Å². The quantitative estimate of drug-likeness (QED) is 0.163. The molecule has 0 aliphatic heterocycles. The molecule has 1 saturated carbocycles. The second-order valence-corrected chi connectivity index (χ2v) is 10.9. The number of allylic oxidation sites excluding steroid dienone is 1. The SMILES string of the molecule is CCCCCC1CCC(c2ccc(-c3cc(F)c(C(F)(F)Oc4cc(F)c(/C=C/C(F)(F)F)c(F)c4)c(F)c3)cc2)CC1. The average Bonchev–Trinajstić information content (AvgIpc) is 2.92. The van der Waals surface area contributed by atoms with Crippen molar-refractivity contribution in [3.8, 4) is 16.9 Å². The van der Waals surface area contributed by atoms with Crippen LogP contribution in [0.1, 0.15) is 80.9 Å². The minimum Gasteiger partial charge on any atom is -0.429 e. The summed E-state index contributed by atoms with van der Waals surface area (Å²) < 4.78 is 129. The molecule has 0 aromatic heterocycles. The summed E-state index contributed by atoms with van der Waals surface area (Å²) in [7, 11) is 0. The zero-order chi connectivity index (χ0) is 31.4. The highest BCUT2D eigenvalue weighted by atomic mass is 19.4. The molecular formula is C33H31F9O. The Morgan fingerprint density at radius 3 is 1.86 bits per heavy atom. The van der Waals surface area contributed by atoms with Crippen molar-refractivity contribution in [3.63, 3.8) is 0 Å². The summed E-state index contributed by atoms with van der Waals surface area (Å²) in [6, 6.07) is 8.88. The lowest BCUT2D eigenvalue weighted by molar-refractivity contribution is -0.189. The van der Waals surface area contributed by atoms with Crippen molar-refractivity contribution in [2.45, 2.75) is 76.5 Å². The van der Waals surface area contributed by atoms with Gasteiger partial charge in [-0.05, 0) is 72.4 Å². The molecule has 0 saturated heterocycles. The molecule has 4 rings (SSSR count). The Kier molecular flexibility index (Phi) is 10.2. The van der Waals surface area contributed by atoms with Gasteiger partial charge in [0.15, 0.2) is 0 Å². The van der Waals surface area contributed by atoms with Crippen LogP contribution in [0.15, 0.2) is 54.6 Å². The molecule has 0 bridgehead atoms. The minimum atomic E-state index is -4.88. The molecule has 0 spiro atoms. The van der Waals surface area contributed by atoms with Crippen LogP contribution >= 0.6 is 0 Å². The van der Waals surface area contributed by atoms with E-state index in [1.807, 2.05) is 12.1 Å². The van der Waals surface area contributed by atoms with Gasteiger partial charge in [-0.25, -0.2) is 17.6 Å². The number of hydrogen-bond acceptors (Lipinski definition) is 1. The molecule has 232 valence electrons. The molecule has 0 atom stereocenters. The smallest absolute Gasteiger partial charge is 0.429 e. The Bertz CT molecular complexity index is 1370. The van der Waals surface area contributed by atoms with Gasteiger partial charge >= 0.3 is 12.3 Å². The second kappa shape index (κ2) is 13.5. The third-order valence-electron chi connectivity index (χ3n) is 7.85. The fourth-order valence-electron chi connectivity index (χ4n) is 5.59. The van der Waals surface area contributed by atoms with Crippen LogP contribution in [0.3, 0.4) is 0 Å². The van der Waals surface area contributed by atoms with Gasteiger partial charge in [0.05, 0.1) is 0 Å². The van der Waals surface area contributed by atoms with Gasteiger partial charge in [-0.15, -0.1) is 0 Å². The zero-order valence-electron chi connectivity index (χ0n) is 23.4. The van der Waals surface area contributed by atoms with Crippen molar-refractivity contribution >= 4 is 6.08 Å². The molecule has 3 aromatic carbocycles. The summed E-state index contributed by atoms with van der Waals surface area (Å²) in [6.07, 6.45) is -0.577. The van der Waals surface area contributed by atoms with Crippen LogP contribution in [0, 0.1) is 29.2 Å². The maximum absolute atomic E-state index is 14.9. The van der Waals surface area contributed by atoms with Crippen molar-refractivity contribution in [1.29, 1.82) is 0 Å². The van der Waals surface area contributed by atoms with Crippen LogP contribution in [-0.4, -0.2) is 6.18 Å². The summed E-state index contributed by atoms with van der Waals surface area (Å²) in [5.74, 6) is -6.67. The number of ether oxygens (including phenoxy) is 1. The van der Waals surface area contributed by atoms with Gasteiger partial charge < -0.3 is 4.74 Å². The topological polar surface area (TPSA) is 9.23 Å². The van der Waals surface area contributed by atoms with E-state index in [1.165, 1.54) is 25.7 Å². The van der Waals surface area contributed by atoms with E-state index in [0.717, 1.165) is 37.2 Å². The summed E-state index contributed by atoms with van der Waals surface area (Å²) in [4.78, 5) is 0. The van der Waals surface area contributed by atoms with E-state index in [1.54, 1.807) is 12.1 Å². The molecule has 10 heteroatoms. The van der Waals surface area contributed by atoms with Crippen LogP contribution in [0.25, 0.3) is 17.2 Å². The number of halogens is 9. The molecule has 1 nitrogen and oxygen atoms in total. The first-order valence-corrected chi connectivity index (χ1v) is 14.2. The monoisotopic (exact) mass is 614 g/mol. The third kappa shape index (κ3) is 8.36. The average molecular weight is 615 g/mol. The van der Waals surface area contributed by atoms with Gasteiger partial charge in [-0.2, -0.15) is 22.0 Å². The van der Waals surface area contributed by atoms with Crippen molar-refractivity contribution in [3.05, 3.63) is 94.6 Å². The van der Waals surface area contributed by atoms with Crippen LogP contribution in [-0.2, 0) is 6.11 Å². The molecule has 43 heavy (non-hydrogen) atoms. The minimum absolute atomic E-state index is 0.00127. The summed E-state index contributed by atoms with van der Waals surface area (Å²) in [5.41, 5.74) is -1.44. The normalized spacial score (nSPS) is 17.9. The number of alkyl halides is 5. The zero-order valence-corrected chi connectivity index (χ0v) is 23.4. The molecule has 0 amide bonds. The fraction of sp³-hybridized carbons (Fsp3) is 0.394. The Hall–Kier alpha value is -3.43. The molecule has 1 aliphatic carbocycles. The molecule has 3 aromatic rings. The molecule has 0 heterocycles. The van der Waals surface area contributed by atoms with Crippen LogP contribution in [0.4, 0.5) is 39.5 Å². The second-order valence-electron chi connectivity index (χ2n) is 10.9. The van der Waals surface area contributed by atoms with E-state index >= 15 is 0 Å². The number of rotatable bonds is 10. The Labute approximate surface area is 244 Å². The van der Waals surface area contributed by atoms with E-state index in [0.29, 0.717) is 23.6 Å². The van der Waals surface area contributed by atoms with Gasteiger partial charge in [0.25, 0.3) is 0 Å². The van der Waals surface area contributed by atoms with Gasteiger partial charge in [-0.1, -0.05) is 56.9 Å². The highest BCUT2D eigenvalue weighted by Gasteiger charge is 2.41. The summed E-state index contributed by atoms with van der Waals surface area (Å²) in [6.45, 7) is 2.19. The Balaban J connectivity index is 1.47. The standard InChI is InChI=1S/C33H31F9O/c1-2-3-4-5-20-6-8-21(9-7-20)22-10-12-23(13-11-22)24-16-29(36)31(30(37)17-24)33(41,42)43-25-18-27(34)26(28(35)19-25)14-15-32(38,39)40/h10-21H,2-9H2,1H3/b15-14+. The molecule has 1 fully saturated rings. The maximum atomic E-state index is 14.9.